The molecular weight excluding hydrogens is 258 g/mol. The third-order valence-electron chi connectivity index (χ3n) is 4.39. The summed E-state index contributed by atoms with van der Waals surface area (Å²) in [6, 6.07) is 0. The molecule has 21 heavy (non-hydrogen) atoms. The first kappa shape index (κ1) is 13.9. The molecule has 0 atom stereocenters. The minimum atomic E-state index is 0.247. The van der Waals surface area contributed by atoms with E-state index in [-0.39, 0.29) is 5.78 Å². The first-order valence-electron chi connectivity index (χ1n) is 7.67. The fraction of sp³-hybridized carbons (Fsp3) is 0.316. The largest absolute Gasteiger partial charge is 0.371 e. The Morgan fingerprint density at radius 3 is 2.43 bits per heavy atom. The Morgan fingerprint density at radius 1 is 1.05 bits per heavy atom. The fourth-order valence-corrected chi connectivity index (χ4v) is 3.38. The van der Waals surface area contributed by atoms with Gasteiger partial charge in [-0.2, -0.15) is 0 Å². The van der Waals surface area contributed by atoms with Crippen LogP contribution in [-0.4, -0.2) is 23.8 Å². The molecule has 0 spiro atoms. The maximum atomic E-state index is 12.2. The van der Waals surface area contributed by atoms with Crippen molar-refractivity contribution in [2.24, 2.45) is 0 Å². The summed E-state index contributed by atoms with van der Waals surface area (Å²) in [7, 11) is 0. The van der Waals surface area contributed by atoms with E-state index in [1.807, 2.05) is 12.2 Å². The maximum Gasteiger partial charge on any atom is 0.167 e. The van der Waals surface area contributed by atoms with Crippen LogP contribution < -0.4 is 0 Å². The second-order valence-electron chi connectivity index (χ2n) is 5.58. The van der Waals surface area contributed by atoms with Gasteiger partial charge < -0.3 is 4.90 Å². The van der Waals surface area contributed by atoms with Gasteiger partial charge in [-0.15, -0.1) is 0 Å². The lowest BCUT2D eigenvalue weighted by Crippen LogP contribution is -2.24. The molecular formula is C19H21NO. The van der Waals surface area contributed by atoms with E-state index in [9.17, 15) is 4.79 Å². The maximum absolute atomic E-state index is 12.2. The van der Waals surface area contributed by atoms with Gasteiger partial charge in [0.15, 0.2) is 5.78 Å². The Bertz CT molecular complexity index is 676. The van der Waals surface area contributed by atoms with Crippen LogP contribution in [0.3, 0.4) is 0 Å². The van der Waals surface area contributed by atoms with Crippen LogP contribution in [0.2, 0.25) is 0 Å². The van der Waals surface area contributed by atoms with Gasteiger partial charge in [0.2, 0.25) is 0 Å². The van der Waals surface area contributed by atoms with Crippen LogP contribution in [0.25, 0.3) is 0 Å². The molecule has 0 unspecified atom stereocenters. The van der Waals surface area contributed by atoms with E-state index in [2.05, 4.69) is 50.0 Å². The van der Waals surface area contributed by atoms with Crippen molar-refractivity contribution in [1.82, 2.24) is 4.90 Å². The first-order valence-corrected chi connectivity index (χ1v) is 7.67. The molecule has 0 aromatic rings. The molecule has 0 saturated heterocycles. The topological polar surface area (TPSA) is 20.3 Å². The molecule has 0 aromatic carbocycles. The summed E-state index contributed by atoms with van der Waals surface area (Å²) >= 11 is 0. The van der Waals surface area contributed by atoms with Gasteiger partial charge in [-0.3, -0.25) is 4.79 Å². The number of rotatable bonds is 3. The van der Waals surface area contributed by atoms with Gasteiger partial charge in [0.25, 0.3) is 0 Å². The molecule has 3 rings (SSSR count). The van der Waals surface area contributed by atoms with Crippen LogP contribution in [0, 0.1) is 0 Å². The molecule has 108 valence electrons. The van der Waals surface area contributed by atoms with E-state index in [1.54, 1.807) is 0 Å². The number of ketones is 1. The Labute approximate surface area is 126 Å². The molecule has 0 saturated carbocycles. The number of allylic oxidation sites excluding steroid dienone is 11. The standard InChI is InChI=1S/C19H21NO/c1-4-20(5-2)19-13(3)8-6-7-9-14-12-17(21)15-10-11-16(19)18(14)15/h6-11H,4-5,12H2,1-3H3/b7-6-,8-6?,9-7?,13-8+,14-9?,19-13?,19-16+. The van der Waals surface area contributed by atoms with E-state index in [0.717, 1.165) is 29.8 Å². The average Bonchev–Trinajstić information content (AvgIpc) is 3.03. The Balaban J connectivity index is 2.28. The monoisotopic (exact) mass is 279 g/mol. The molecule has 0 aliphatic heterocycles. The van der Waals surface area contributed by atoms with Crippen LogP contribution in [0.4, 0.5) is 0 Å². The number of carbonyl (C=O) groups excluding carboxylic acids is 1. The van der Waals surface area contributed by atoms with Gasteiger partial charge in [0.05, 0.1) is 0 Å². The highest BCUT2D eigenvalue weighted by molar-refractivity contribution is 6.08. The summed E-state index contributed by atoms with van der Waals surface area (Å²) in [5.74, 6) is 0.247. The molecule has 0 heterocycles. The van der Waals surface area contributed by atoms with Crippen molar-refractivity contribution < 1.29 is 4.79 Å². The lowest BCUT2D eigenvalue weighted by Gasteiger charge is -2.27. The molecule has 0 aromatic heterocycles. The normalized spacial score (nSPS) is 27.7. The van der Waals surface area contributed by atoms with Crippen LogP contribution in [0.15, 0.2) is 70.0 Å². The summed E-state index contributed by atoms with van der Waals surface area (Å²) in [5, 5.41) is 0. The minimum absolute atomic E-state index is 0.247. The first-order chi connectivity index (χ1) is 10.2. The van der Waals surface area contributed by atoms with Crippen molar-refractivity contribution in [1.29, 1.82) is 0 Å². The van der Waals surface area contributed by atoms with E-state index < -0.39 is 0 Å². The molecule has 3 aliphatic rings. The van der Waals surface area contributed by atoms with Gasteiger partial charge in [-0.1, -0.05) is 36.5 Å². The van der Waals surface area contributed by atoms with E-state index in [4.69, 9.17) is 0 Å². The third-order valence-corrected chi connectivity index (χ3v) is 4.39. The van der Waals surface area contributed by atoms with Crippen molar-refractivity contribution in [2.75, 3.05) is 13.1 Å². The van der Waals surface area contributed by atoms with Crippen molar-refractivity contribution in [2.45, 2.75) is 27.2 Å². The lowest BCUT2D eigenvalue weighted by atomic mass is 9.97. The van der Waals surface area contributed by atoms with Gasteiger partial charge in [-0.25, -0.2) is 0 Å². The zero-order valence-electron chi connectivity index (χ0n) is 12.9. The number of Topliss-reactive ketones (excluding diaryl/α,β-unsaturated/α-hetero) is 1. The molecule has 3 aliphatic carbocycles. The fourth-order valence-electron chi connectivity index (χ4n) is 3.38. The van der Waals surface area contributed by atoms with E-state index >= 15 is 0 Å². The van der Waals surface area contributed by atoms with E-state index in [0.29, 0.717) is 6.42 Å². The number of carbonyl (C=O) groups is 1. The zero-order chi connectivity index (χ0) is 15.0. The number of nitrogens with zero attached hydrogens (tertiary/aromatic N) is 1. The quantitative estimate of drug-likeness (QED) is 0.781. The van der Waals surface area contributed by atoms with Gasteiger partial charge in [-0.05, 0) is 37.5 Å². The molecule has 0 fully saturated rings. The predicted molar refractivity (Wildman–Crippen MR) is 86.7 cm³/mol. The summed E-state index contributed by atoms with van der Waals surface area (Å²) < 4.78 is 0. The Morgan fingerprint density at radius 2 is 1.71 bits per heavy atom. The predicted octanol–water partition coefficient (Wildman–Crippen LogP) is 3.86. The molecule has 0 amide bonds. The average molecular weight is 279 g/mol. The van der Waals surface area contributed by atoms with Gasteiger partial charge >= 0.3 is 0 Å². The molecule has 0 radical (unpaired) electrons. The van der Waals surface area contributed by atoms with Crippen molar-refractivity contribution >= 4 is 5.78 Å². The number of hydrogen-bond acceptors (Lipinski definition) is 2. The summed E-state index contributed by atoms with van der Waals surface area (Å²) in [6.45, 7) is 8.44. The van der Waals surface area contributed by atoms with E-state index in [1.165, 1.54) is 16.8 Å². The van der Waals surface area contributed by atoms with Crippen LogP contribution in [-0.2, 0) is 4.79 Å². The van der Waals surface area contributed by atoms with Gasteiger partial charge in [0.1, 0.15) is 0 Å². The van der Waals surface area contributed by atoms with Crippen molar-refractivity contribution in [3.05, 3.63) is 70.0 Å². The molecule has 0 N–H and O–H groups in total. The van der Waals surface area contributed by atoms with Crippen LogP contribution in [0.5, 0.6) is 0 Å². The number of hydrogen-bond donors (Lipinski definition) is 0. The van der Waals surface area contributed by atoms with Crippen molar-refractivity contribution in [3.63, 3.8) is 0 Å². The lowest BCUT2D eigenvalue weighted by molar-refractivity contribution is -0.114. The van der Waals surface area contributed by atoms with Gasteiger partial charge in [0, 0.05) is 36.4 Å². The second-order valence-corrected chi connectivity index (χ2v) is 5.58. The number of likely N-dealkylation sites (N-methyl/N-ethyl adjacent to an activating group) is 1. The van der Waals surface area contributed by atoms with Crippen LogP contribution >= 0.6 is 0 Å². The zero-order valence-corrected chi connectivity index (χ0v) is 12.9. The Kier molecular flexibility index (Phi) is 3.54. The minimum Gasteiger partial charge on any atom is -0.371 e. The smallest absolute Gasteiger partial charge is 0.167 e. The van der Waals surface area contributed by atoms with Crippen LogP contribution in [0.1, 0.15) is 27.2 Å². The summed E-state index contributed by atoms with van der Waals surface area (Å²) in [6.07, 6.45) is 13.0. The second kappa shape index (κ2) is 5.36. The molecule has 0 bridgehead atoms. The summed E-state index contributed by atoms with van der Waals surface area (Å²) in [5.41, 5.74) is 6.92. The molecule has 2 heteroatoms. The highest BCUT2D eigenvalue weighted by Crippen LogP contribution is 2.42. The highest BCUT2D eigenvalue weighted by atomic mass is 16.1. The molecule has 2 nitrogen and oxygen atoms in total. The highest BCUT2D eigenvalue weighted by Gasteiger charge is 2.33. The summed E-state index contributed by atoms with van der Waals surface area (Å²) in [4.78, 5) is 14.6. The Hall–Kier alpha value is -2.09. The SMILES string of the molecule is CCN(CC)C1=C2/C=CC3=C2C(=C\C=C/C=C/1C)CC3=O. The van der Waals surface area contributed by atoms with Crippen molar-refractivity contribution in [3.8, 4) is 0 Å². The third kappa shape index (κ3) is 2.15.